The van der Waals surface area contributed by atoms with Gasteiger partial charge < -0.3 is 14.2 Å². The van der Waals surface area contributed by atoms with Crippen LogP contribution in [0.2, 0.25) is 0 Å². The van der Waals surface area contributed by atoms with Gasteiger partial charge in [-0.2, -0.15) is 0 Å². The van der Waals surface area contributed by atoms with E-state index >= 15 is 0 Å². The maximum absolute atomic E-state index is 12.9. The first kappa shape index (κ1) is 69.8. The molecule has 0 rings (SSSR count). The Morgan fingerprint density at radius 3 is 0.836 bits per heavy atom. The summed E-state index contributed by atoms with van der Waals surface area (Å²) < 4.78 is 16.9. The summed E-state index contributed by atoms with van der Waals surface area (Å²) in [6, 6.07) is 0. The molecular formula is C67H118O6. The van der Waals surface area contributed by atoms with Crippen molar-refractivity contribution in [2.75, 3.05) is 13.2 Å². The van der Waals surface area contributed by atoms with Crippen molar-refractivity contribution in [2.45, 2.75) is 322 Å². The second kappa shape index (κ2) is 61.4. The first-order valence-electron chi connectivity index (χ1n) is 31.4. The van der Waals surface area contributed by atoms with Gasteiger partial charge in [0.1, 0.15) is 13.2 Å². The lowest BCUT2D eigenvalue weighted by Gasteiger charge is -2.18. The van der Waals surface area contributed by atoms with Gasteiger partial charge in [-0.15, -0.1) is 0 Å². The summed E-state index contributed by atoms with van der Waals surface area (Å²) in [5, 5.41) is 0. The van der Waals surface area contributed by atoms with Crippen LogP contribution >= 0.6 is 0 Å². The number of hydrogen-bond donors (Lipinski definition) is 0. The van der Waals surface area contributed by atoms with Gasteiger partial charge in [0.05, 0.1) is 0 Å². The Morgan fingerprint density at radius 2 is 0.534 bits per heavy atom. The molecule has 6 heteroatoms. The average molecular weight is 1020 g/mol. The Bertz CT molecular complexity index is 1360. The molecule has 0 saturated carbocycles. The second-order valence-electron chi connectivity index (χ2n) is 21.0. The van der Waals surface area contributed by atoms with Gasteiger partial charge in [-0.25, -0.2) is 0 Å². The average Bonchev–Trinajstić information content (AvgIpc) is 3.39. The maximum Gasteiger partial charge on any atom is 0.306 e. The predicted octanol–water partition coefficient (Wildman–Crippen LogP) is 21.3. The number of ether oxygens (including phenoxy) is 3. The van der Waals surface area contributed by atoms with Gasteiger partial charge in [-0.05, 0) is 70.6 Å². The fraction of sp³-hybridized carbons (Fsp3) is 0.776. The molecule has 1 atom stereocenters. The van der Waals surface area contributed by atoms with E-state index in [-0.39, 0.29) is 31.1 Å². The van der Waals surface area contributed by atoms with Crippen LogP contribution in [0.5, 0.6) is 0 Å². The number of carbonyl (C=O) groups is 3. The van der Waals surface area contributed by atoms with E-state index in [1.165, 1.54) is 167 Å². The normalized spacial score (nSPS) is 12.5. The number of hydrogen-bond acceptors (Lipinski definition) is 6. The van der Waals surface area contributed by atoms with E-state index in [1.807, 2.05) is 0 Å². The van der Waals surface area contributed by atoms with Gasteiger partial charge in [0, 0.05) is 19.3 Å². The molecule has 0 bridgehead atoms. The molecule has 6 nitrogen and oxygen atoms in total. The van der Waals surface area contributed by atoms with Crippen molar-refractivity contribution in [3.05, 3.63) is 72.9 Å². The van der Waals surface area contributed by atoms with Crippen molar-refractivity contribution in [2.24, 2.45) is 0 Å². The van der Waals surface area contributed by atoms with E-state index in [9.17, 15) is 14.4 Å². The van der Waals surface area contributed by atoms with Crippen molar-refractivity contribution >= 4 is 17.9 Å². The van der Waals surface area contributed by atoms with E-state index in [1.54, 1.807) is 0 Å². The maximum atomic E-state index is 12.9. The highest BCUT2D eigenvalue weighted by Gasteiger charge is 2.19. The summed E-state index contributed by atoms with van der Waals surface area (Å²) in [7, 11) is 0. The molecule has 0 aliphatic rings. The molecule has 0 aromatic carbocycles. The van der Waals surface area contributed by atoms with Crippen LogP contribution in [0.4, 0.5) is 0 Å². The monoisotopic (exact) mass is 1020 g/mol. The smallest absolute Gasteiger partial charge is 0.306 e. The number of allylic oxidation sites excluding steroid dienone is 12. The molecule has 0 fully saturated rings. The molecule has 0 aliphatic carbocycles. The SMILES string of the molecule is CC/C=C\C/C=C\C/C=C\C/C=C\C/C=C\C/C=C\CCCCCCC(=O)OCC(COC(=O)CCCCCCCCCCCCCC)OC(=O)CCCCCCCCCCCCCCCCCCCCCC. The Balaban J connectivity index is 4.35. The Labute approximate surface area is 453 Å². The van der Waals surface area contributed by atoms with Crippen molar-refractivity contribution in [1.29, 1.82) is 0 Å². The van der Waals surface area contributed by atoms with Crippen LogP contribution in [0.1, 0.15) is 316 Å². The fourth-order valence-corrected chi connectivity index (χ4v) is 9.04. The number of carbonyl (C=O) groups excluding carboxylic acids is 3. The van der Waals surface area contributed by atoms with E-state index < -0.39 is 6.10 Å². The van der Waals surface area contributed by atoms with Crippen molar-refractivity contribution in [3.8, 4) is 0 Å². The van der Waals surface area contributed by atoms with Crippen LogP contribution in [0.25, 0.3) is 0 Å². The fourth-order valence-electron chi connectivity index (χ4n) is 9.04. The zero-order chi connectivity index (χ0) is 52.9. The van der Waals surface area contributed by atoms with Crippen LogP contribution in [-0.4, -0.2) is 37.2 Å². The van der Waals surface area contributed by atoms with Crippen LogP contribution in [0, 0.1) is 0 Å². The van der Waals surface area contributed by atoms with Crippen LogP contribution in [0.3, 0.4) is 0 Å². The third-order valence-corrected chi connectivity index (χ3v) is 13.7. The highest BCUT2D eigenvalue weighted by atomic mass is 16.6. The van der Waals surface area contributed by atoms with E-state index in [0.29, 0.717) is 19.3 Å². The van der Waals surface area contributed by atoms with Gasteiger partial charge in [-0.3, -0.25) is 14.4 Å². The van der Waals surface area contributed by atoms with Gasteiger partial charge >= 0.3 is 17.9 Å². The molecule has 73 heavy (non-hydrogen) atoms. The second-order valence-corrected chi connectivity index (χ2v) is 21.0. The molecule has 1 unspecified atom stereocenters. The highest BCUT2D eigenvalue weighted by Crippen LogP contribution is 2.17. The number of rotatable bonds is 57. The van der Waals surface area contributed by atoms with Gasteiger partial charge in [-0.1, -0.05) is 299 Å². The molecule has 0 aromatic rings. The minimum atomic E-state index is -0.783. The lowest BCUT2D eigenvalue weighted by atomic mass is 10.0. The Morgan fingerprint density at radius 1 is 0.288 bits per heavy atom. The van der Waals surface area contributed by atoms with Gasteiger partial charge in [0.2, 0.25) is 0 Å². The molecular weight excluding hydrogens is 901 g/mol. The van der Waals surface area contributed by atoms with Crippen LogP contribution in [0.15, 0.2) is 72.9 Å². The first-order valence-corrected chi connectivity index (χ1v) is 31.4. The topological polar surface area (TPSA) is 78.9 Å². The van der Waals surface area contributed by atoms with Gasteiger partial charge in [0.15, 0.2) is 6.10 Å². The minimum Gasteiger partial charge on any atom is -0.462 e. The van der Waals surface area contributed by atoms with Crippen molar-refractivity contribution in [1.82, 2.24) is 0 Å². The van der Waals surface area contributed by atoms with E-state index in [0.717, 1.165) is 109 Å². The highest BCUT2D eigenvalue weighted by molar-refractivity contribution is 5.71. The zero-order valence-electron chi connectivity index (χ0n) is 48.4. The molecule has 0 N–H and O–H groups in total. The molecule has 0 spiro atoms. The van der Waals surface area contributed by atoms with Crippen LogP contribution in [-0.2, 0) is 28.6 Å². The minimum absolute atomic E-state index is 0.0794. The Hall–Kier alpha value is -3.15. The number of esters is 3. The van der Waals surface area contributed by atoms with Crippen molar-refractivity contribution in [3.63, 3.8) is 0 Å². The first-order chi connectivity index (χ1) is 36.0. The summed E-state index contributed by atoms with van der Waals surface area (Å²) in [5.74, 6) is -0.889. The Kier molecular flexibility index (Phi) is 58.7. The predicted molar refractivity (Wildman–Crippen MR) is 316 cm³/mol. The van der Waals surface area contributed by atoms with Crippen LogP contribution < -0.4 is 0 Å². The molecule has 422 valence electrons. The van der Waals surface area contributed by atoms with E-state index in [4.69, 9.17) is 14.2 Å². The lowest BCUT2D eigenvalue weighted by molar-refractivity contribution is -0.167. The third kappa shape index (κ3) is 59.6. The standard InChI is InChI=1S/C67H118O6/c1-4-7-10-13-16-19-22-25-27-29-31-33-34-35-37-38-40-42-45-48-51-54-57-60-66(69)72-63-64(62-71-65(68)59-56-53-50-47-44-24-21-18-15-12-9-6-3)73-67(70)61-58-55-52-49-46-43-41-39-36-32-30-28-26-23-20-17-14-11-8-5-2/h7,10,16,19,25,27,31,33,35,37,40,42,64H,4-6,8-9,11-15,17-18,20-24,26,28-30,32,34,36,38-39,41,43-63H2,1-3H3/b10-7-,19-16-,27-25-,33-31-,37-35-,42-40-. The molecule has 0 radical (unpaired) electrons. The summed E-state index contributed by atoms with van der Waals surface area (Å²) in [6.07, 6.45) is 79.0. The molecule has 0 aromatic heterocycles. The summed E-state index contributed by atoms with van der Waals surface area (Å²) in [4.78, 5) is 38.3. The van der Waals surface area contributed by atoms with E-state index in [2.05, 4.69) is 93.7 Å². The zero-order valence-corrected chi connectivity index (χ0v) is 48.4. The number of unbranched alkanes of at least 4 members (excludes halogenated alkanes) is 34. The summed E-state index contributed by atoms with van der Waals surface area (Å²) >= 11 is 0. The largest absolute Gasteiger partial charge is 0.462 e. The summed E-state index contributed by atoms with van der Waals surface area (Å²) in [5.41, 5.74) is 0. The molecule has 0 saturated heterocycles. The lowest BCUT2D eigenvalue weighted by Crippen LogP contribution is -2.30. The molecule has 0 heterocycles. The quantitative estimate of drug-likeness (QED) is 0.0261. The van der Waals surface area contributed by atoms with Crippen molar-refractivity contribution < 1.29 is 28.6 Å². The molecule has 0 amide bonds. The third-order valence-electron chi connectivity index (χ3n) is 13.7. The van der Waals surface area contributed by atoms with Gasteiger partial charge in [0.25, 0.3) is 0 Å². The summed E-state index contributed by atoms with van der Waals surface area (Å²) in [6.45, 7) is 6.54. The molecule has 0 aliphatic heterocycles.